The molecule has 0 saturated carbocycles. The Morgan fingerprint density at radius 1 is 1.55 bits per heavy atom. The van der Waals surface area contributed by atoms with Crippen LogP contribution < -0.4 is 0 Å². The normalized spacial score (nSPS) is 20.3. The lowest BCUT2D eigenvalue weighted by molar-refractivity contribution is 1.02. The van der Waals surface area contributed by atoms with Crippen molar-refractivity contribution < 1.29 is 0 Å². The Hall–Kier alpha value is -0.560. The molecule has 2 rings (SSSR count). The minimum atomic E-state index is 0.558. The Labute approximate surface area is 75.1 Å². The molecule has 1 heteroatoms. The Morgan fingerprint density at radius 2 is 2.45 bits per heavy atom. The fourth-order valence-electron chi connectivity index (χ4n) is 1.38. The predicted molar refractivity (Wildman–Crippen MR) is 50.8 cm³/mol. The van der Waals surface area contributed by atoms with Gasteiger partial charge < -0.3 is 0 Å². The van der Waals surface area contributed by atoms with Gasteiger partial charge in [-0.15, -0.1) is 0 Å². The lowest BCUT2D eigenvalue weighted by Gasteiger charge is -2.04. The average molecular weight is 208 g/mol. The largest absolute Gasteiger partial charge is 0.0918 e. The lowest BCUT2D eigenvalue weighted by Crippen LogP contribution is -1.92. The van der Waals surface area contributed by atoms with Gasteiger partial charge in [0.1, 0.15) is 0 Å². The van der Waals surface area contributed by atoms with Gasteiger partial charge in [0.2, 0.25) is 0 Å². The second-order valence-electron chi connectivity index (χ2n) is 2.66. The highest BCUT2D eigenvalue weighted by Crippen LogP contribution is 2.30. The molecule has 0 fully saturated rings. The van der Waals surface area contributed by atoms with E-state index in [0.717, 1.165) is 5.33 Å². The molecule has 1 atom stereocenters. The molecule has 11 heavy (non-hydrogen) atoms. The van der Waals surface area contributed by atoms with E-state index < -0.39 is 0 Å². The van der Waals surface area contributed by atoms with Crippen LogP contribution in [0.5, 0.6) is 0 Å². The van der Waals surface area contributed by atoms with E-state index in [1.54, 1.807) is 0 Å². The molecule has 0 heterocycles. The molecule has 1 aliphatic carbocycles. The van der Waals surface area contributed by atoms with E-state index in [-0.39, 0.29) is 0 Å². The quantitative estimate of drug-likeness (QED) is 0.622. The van der Waals surface area contributed by atoms with Gasteiger partial charge in [-0.05, 0) is 17.2 Å². The van der Waals surface area contributed by atoms with Gasteiger partial charge in [0.25, 0.3) is 0 Å². The number of alkyl halides is 1. The summed E-state index contributed by atoms with van der Waals surface area (Å²) < 4.78 is 0. The maximum Gasteiger partial charge on any atom is 0.0135 e. The van der Waals surface area contributed by atoms with Crippen molar-refractivity contribution >= 4 is 22.0 Å². The SMILES string of the molecule is BrCC1C=Cc2[c]cccc21. The molecular formula is C10H8Br. The molecule has 1 aromatic rings. The Bertz CT molecular complexity index is 289. The molecule has 0 nitrogen and oxygen atoms in total. The average Bonchev–Trinajstić information content (AvgIpc) is 2.47. The summed E-state index contributed by atoms with van der Waals surface area (Å²) in [6.07, 6.45) is 4.36. The van der Waals surface area contributed by atoms with Gasteiger partial charge in [0, 0.05) is 11.2 Å². The Kier molecular flexibility index (Phi) is 1.82. The van der Waals surface area contributed by atoms with Crippen molar-refractivity contribution in [3.05, 3.63) is 41.5 Å². The van der Waals surface area contributed by atoms with E-state index >= 15 is 0 Å². The number of allylic oxidation sites excluding steroid dienone is 1. The second kappa shape index (κ2) is 2.82. The summed E-state index contributed by atoms with van der Waals surface area (Å²) in [4.78, 5) is 0. The molecule has 1 aliphatic rings. The van der Waals surface area contributed by atoms with E-state index in [4.69, 9.17) is 0 Å². The van der Waals surface area contributed by atoms with Crippen LogP contribution in [-0.2, 0) is 0 Å². The van der Waals surface area contributed by atoms with Gasteiger partial charge in [-0.25, -0.2) is 0 Å². The highest BCUT2D eigenvalue weighted by atomic mass is 79.9. The number of hydrogen-bond donors (Lipinski definition) is 0. The van der Waals surface area contributed by atoms with Gasteiger partial charge in [-0.1, -0.05) is 46.3 Å². The summed E-state index contributed by atoms with van der Waals surface area (Å²) in [5, 5.41) is 1.01. The predicted octanol–water partition coefficient (Wildman–Crippen LogP) is 2.99. The minimum absolute atomic E-state index is 0.558. The molecule has 1 aromatic carbocycles. The van der Waals surface area contributed by atoms with Crippen molar-refractivity contribution in [1.82, 2.24) is 0 Å². The third kappa shape index (κ3) is 1.14. The zero-order valence-electron chi connectivity index (χ0n) is 6.05. The maximum atomic E-state index is 3.48. The summed E-state index contributed by atoms with van der Waals surface area (Å²) in [5.41, 5.74) is 2.64. The lowest BCUT2D eigenvalue weighted by atomic mass is 10.0. The van der Waals surface area contributed by atoms with Crippen LogP contribution in [0.2, 0.25) is 0 Å². The van der Waals surface area contributed by atoms with Crippen LogP contribution in [0.25, 0.3) is 6.08 Å². The minimum Gasteiger partial charge on any atom is -0.0918 e. The van der Waals surface area contributed by atoms with E-state index in [9.17, 15) is 0 Å². The van der Waals surface area contributed by atoms with Crippen LogP contribution in [0.3, 0.4) is 0 Å². The smallest absolute Gasteiger partial charge is 0.0135 e. The molecule has 0 saturated heterocycles. The molecule has 0 aromatic heterocycles. The molecule has 1 unspecified atom stereocenters. The standard InChI is InChI=1S/C10H8Br/c11-7-9-6-5-8-3-1-2-4-10(8)9/h1-2,4-6,9H,7H2. The molecule has 0 amide bonds. The van der Waals surface area contributed by atoms with E-state index in [1.165, 1.54) is 11.1 Å². The first kappa shape index (κ1) is 7.11. The molecule has 1 radical (unpaired) electrons. The van der Waals surface area contributed by atoms with Gasteiger partial charge in [-0.2, -0.15) is 0 Å². The van der Waals surface area contributed by atoms with E-state index in [1.807, 2.05) is 12.1 Å². The van der Waals surface area contributed by atoms with Crippen molar-refractivity contribution in [2.45, 2.75) is 5.92 Å². The van der Waals surface area contributed by atoms with Crippen LogP contribution in [0.4, 0.5) is 0 Å². The fourth-order valence-corrected chi connectivity index (χ4v) is 1.95. The number of fused-ring (bicyclic) bond motifs is 1. The van der Waals surface area contributed by atoms with E-state index in [2.05, 4.69) is 40.2 Å². The first-order chi connectivity index (χ1) is 5.42. The highest BCUT2D eigenvalue weighted by molar-refractivity contribution is 9.09. The van der Waals surface area contributed by atoms with Crippen LogP contribution >= 0.6 is 15.9 Å². The highest BCUT2D eigenvalue weighted by Gasteiger charge is 2.14. The maximum absolute atomic E-state index is 3.48. The summed E-state index contributed by atoms with van der Waals surface area (Å²) in [7, 11) is 0. The third-order valence-corrected chi connectivity index (χ3v) is 2.68. The monoisotopic (exact) mass is 207 g/mol. The topological polar surface area (TPSA) is 0 Å². The van der Waals surface area contributed by atoms with E-state index in [0.29, 0.717) is 5.92 Å². The third-order valence-electron chi connectivity index (χ3n) is 1.98. The van der Waals surface area contributed by atoms with Gasteiger partial charge in [-0.3, -0.25) is 0 Å². The zero-order chi connectivity index (χ0) is 7.68. The molecule has 0 aliphatic heterocycles. The summed E-state index contributed by atoms with van der Waals surface area (Å²) >= 11 is 3.48. The second-order valence-corrected chi connectivity index (χ2v) is 3.31. The van der Waals surface area contributed by atoms with Crippen LogP contribution in [0.1, 0.15) is 17.0 Å². The molecular weight excluding hydrogens is 200 g/mol. The molecule has 0 bridgehead atoms. The first-order valence-corrected chi connectivity index (χ1v) is 4.79. The Balaban J connectivity index is 2.46. The van der Waals surface area contributed by atoms with Crippen molar-refractivity contribution in [3.63, 3.8) is 0 Å². The number of hydrogen-bond acceptors (Lipinski definition) is 0. The first-order valence-electron chi connectivity index (χ1n) is 3.66. The Morgan fingerprint density at radius 3 is 3.27 bits per heavy atom. The van der Waals surface area contributed by atoms with Crippen LogP contribution in [0.15, 0.2) is 24.3 Å². The van der Waals surface area contributed by atoms with Gasteiger partial charge >= 0.3 is 0 Å². The zero-order valence-corrected chi connectivity index (χ0v) is 7.64. The van der Waals surface area contributed by atoms with Crippen LogP contribution in [-0.4, -0.2) is 5.33 Å². The van der Waals surface area contributed by atoms with Crippen molar-refractivity contribution in [2.24, 2.45) is 0 Å². The van der Waals surface area contributed by atoms with Crippen molar-refractivity contribution in [1.29, 1.82) is 0 Å². The number of rotatable bonds is 1. The molecule has 0 N–H and O–H groups in total. The summed E-state index contributed by atoms with van der Waals surface area (Å²) in [6.45, 7) is 0. The fraction of sp³-hybridized carbons (Fsp3) is 0.200. The number of benzene rings is 1. The number of halogens is 1. The molecule has 0 spiro atoms. The summed E-state index contributed by atoms with van der Waals surface area (Å²) in [5.74, 6) is 0.558. The van der Waals surface area contributed by atoms with Crippen LogP contribution in [0, 0.1) is 6.07 Å². The van der Waals surface area contributed by atoms with Gasteiger partial charge in [0.15, 0.2) is 0 Å². The van der Waals surface area contributed by atoms with Gasteiger partial charge in [0.05, 0.1) is 0 Å². The van der Waals surface area contributed by atoms with Crippen molar-refractivity contribution in [2.75, 3.05) is 5.33 Å². The van der Waals surface area contributed by atoms with Crippen molar-refractivity contribution in [3.8, 4) is 0 Å². The summed E-state index contributed by atoms with van der Waals surface area (Å²) in [6, 6.07) is 9.37. The molecule has 55 valence electrons.